The van der Waals surface area contributed by atoms with E-state index in [4.69, 9.17) is 16.3 Å². The summed E-state index contributed by atoms with van der Waals surface area (Å²) in [5, 5.41) is 0.279. The van der Waals surface area contributed by atoms with E-state index < -0.39 is 0 Å². The quantitative estimate of drug-likeness (QED) is 0.489. The average Bonchev–Trinajstić information content (AvgIpc) is 2.09. The van der Waals surface area contributed by atoms with Gasteiger partial charge in [0.05, 0.1) is 6.61 Å². The van der Waals surface area contributed by atoms with E-state index in [1.54, 1.807) is 7.11 Å². The second-order valence-electron chi connectivity index (χ2n) is 3.54. The molecule has 0 radical (unpaired) electrons. The molecule has 0 N–H and O–H groups in total. The molecule has 0 saturated heterocycles. The van der Waals surface area contributed by atoms with Crippen molar-refractivity contribution in [2.45, 2.75) is 24.6 Å². The summed E-state index contributed by atoms with van der Waals surface area (Å²) in [7, 11) is 1.74. The van der Waals surface area contributed by atoms with Crippen LogP contribution >= 0.6 is 11.6 Å². The number of hydrogen-bond acceptors (Lipinski definition) is 1. The van der Waals surface area contributed by atoms with Gasteiger partial charge in [0.15, 0.2) is 0 Å². The molecule has 3 atom stereocenters. The van der Waals surface area contributed by atoms with Crippen molar-refractivity contribution >= 4 is 11.6 Å². The van der Waals surface area contributed by atoms with Crippen molar-refractivity contribution in [1.29, 1.82) is 0 Å². The predicted molar refractivity (Wildman–Crippen MR) is 52.5 cm³/mol. The number of ether oxygens (including phenoxy) is 1. The van der Waals surface area contributed by atoms with E-state index >= 15 is 0 Å². The van der Waals surface area contributed by atoms with Gasteiger partial charge in [0.1, 0.15) is 0 Å². The van der Waals surface area contributed by atoms with Crippen LogP contribution in [0.3, 0.4) is 0 Å². The summed E-state index contributed by atoms with van der Waals surface area (Å²) in [6.45, 7) is 4.60. The first kappa shape index (κ1) is 10.1. The molecule has 1 saturated carbocycles. The molecule has 3 unspecified atom stereocenters. The van der Waals surface area contributed by atoms with Crippen LogP contribution in [-0.4, -0.2) is 19.1 Å². The van der Waals surface area contributed by atoms with Crippen molar-refractivity contribution in [1.82, 2.24) is 0 Å². The molecule has 1 aliphatic carbocycles. The third-order valence-corrected chi connectivity index (χ3v) is 3.20. The van der Waals surface area contributed by atoms with E-state index in [0.717, 1.165) is 13.0 Å². The Hall–Kier alpha value is -0.0100. The summed E-state index contributed by atoms with van der Waals surface area (Å²) in [6.07, 6.45) is 5.50. The van der Waals surface area contributed by atoms with Gasteiger partial charge < -0.3 is 4.74 Å². The highest BCUT2D eigenvalue weighted by molar-refractivity contribution is 6.20. The molecule has 0 spiro atoms. The number of methoxy groups -OCH3 is 1. The summed E-state index contributed by atoms with van der Waals surface area (Å²) in [4.78, 5) is 0. The molecular weight excluding hydrogens is 172 g/mol. The van der Waals surface area contributed by atoms with Gasteiger partial charge in [-0.25, -0.2) is 0 Å². The molecular formula is C10H17ClO. The maximum absolute atomic E-state index is 6.21. The van der Waals surface area contributed by atoms with Crippen LogP contribution in [0.1, 0.15) is 19.3 Å². The van der Waals surface area contributed by atoms with E-state index in [1.165, 1.54) is 12.8 Å². The second-order valence-corrected chi connectivity index (χ2v) is 4.10. The van der Waals surface area contributed by atoms with Crippen LogP contribution in [0.15, 0.2) is 12.7 Å². The van der Waals surface area contributed by atoms with Gasteiger partial charge in [0.25, 0.3) is 0 Å². The minimum absolute atomic E-state index is 0.279. The van der Waals surface area contributed by atoms with Crippen molar-refractivity contribution in [3.63, 3.8) is 0 Å². The zero-order valence-electron chi connectivity index (χ0n) is 7.63. The SMILES string of the molecule is C=CC1CCC(COC)C(Cl)C1. The monoisotopic (exact) mass is 188 g/mol. The minimum Gasteiger partial charge on any atom is -0.384 e. The van der Waals surface area contributed by atoms with Crippen LogP contribution in [0, 0.1) is 11.8 Å². The number of halogens is 1. The Morgan fingerprint density at radius 2 is 2.33 bits per heavy atom. The Morgan fingerprint density at radius 1 is 1.58 bits per heavy atom. The fourth-order valence-electron chi connectivity index (χ4n) is 1.82. The summed E-state index contributed by atoms with van der Waals surface area (Å²) in [5.74, 6) is 1.17. The molecule has 0 aromatic carbocycles. The van der Waals surface area contributed by atoms with Gasteiger partial charge in [-0.3, -0.25) is 0 Å². The molecule has 12 heavy (non-hydrogen) atoms. The number of alkyl halides is 1. The molecule has 0 aliphatic heterocycles. The van der Waals surface area contributed by atoms with Crippen molar-refractivity contribution in [3.8, 4) is 0 Å². The van der Waals surface area contributed by atoms with E-state index in [0.29, 0.717) is 11.8 Å². The summed E-state index contributed by atoms with van der Waals surface area (Å²) < 4.78 is 5.11. The first-order valence-corrected chi connectivity index (χ1v) is 4.97. The number of allylic oxidation sites excluding steroid dienone is 1. The van der Waals surface area contributed by atoms with Gasteiger partial charge in [-0.2, -0.15) is 0 Å². The third kappa shape index (κ3) is 2.49. The van der Waals surface area contributed by atoms with E-state index in [1.807, 2.05) is 6.08 Å². The van der Waals surface area contributed by atoms with E-state index in [-0.39, 0.29) is 5.38 Å². The van der Waals surface area contributed by atoms with Crippen molar-refractivity contribution in [3.05, 3.63) is 12.7 Å². The Balaban J connectivity index is 2.36. The molecule has 0 bridgehead atoms. The molecule has 2 heteroatoms. The van der Waals surface area contributed by atoms with Gasteiger partial charge in [0.2, 0.25) is 0 Å². The normalized spacial score (nSPS) is 36.3. The van der Waals surface area contributed by atoms with Crippen LogP contribution in [-0.2, 0) is 4.74 Å². The average molecular weight is 189 g/mol. The number of rotatable bonds is 3. The smallest absolute Gasteiger partial charge is 0.0504 e. The predicted octanol–water partition coefficient (Wildman–Crippen LogP) is 2.84. The third-order valence-electron chi connectivity index (χ3n) is 2.66. The first-order chi connectivity index (χ1) is 5.77. The molecule has 0 aromatic rings. The van der Waals surface area contributed by atoms with Gasteiger partial charge in [-0.15, -0.1) is 18.2 Å². The largest absolute Gasteiger partial charge is 0.384 e. The van der Waals surface area contributed by atoms with Gasteiger partial charge in [-0.1, -0.05) is 6.08 Å². The molecule has 1 fully saturated rings. The highest BCUT2D eigenvalue weighted by atomic mass is 35.5. The molecule has 0 aromatic heterocycles. The topological polar surface area (TPSA) is 9.23 Å². The molecule has 1 aliphatic rings. The zero-order chi connectivity index (χ0) is 8.97. The lowest BCUT2D eigenvalue weighted by Gasteiger charge is -2.30. The number of hydrogen-bond donors (Lipinski definition) is 0. The van der Waals surface area contributed by atoms with Gasteiger partial charge >= 0.3 is 0 Å². The zero-order valence-corrected chi connectivity index (χ0v) is 8.39. The van der Waals surface area contributed by atoms with Crippen LogP contribution < -0.4 is 0 Å². The van der Waals surface area contributed by atoms with Gasteiger partial charge in [0, 0.05) is 12.5 Å². The van der Waals surface area contributed by atoms with Crippen molar-refractivity contribution < 1.29 is 4.74 Å². The summed E-state index contributed by atoms with van der Waals surface area (Å²) in [5.41, 5.74) is 0. The Bertz CT molecular complexity index is 147. The first-order valence-electron chi connectivity index (χ1n) is 4.53. The molecule has 70 valence electrons. The highest BCUT2D eigenvalue weighted by Gasteiger charge is 2.27. The maximum Gasteiger partial charge on any atom is 0.0504 e. The maximum atomic E-state index is 6.21. The van der Waals surface area contributed by atoms with Gasteiger partial charge in [-0.05, 0) is 31.1 Å². The fourth-order valence-corrected chi connectivity index (χ4v) is 2.25. The standard InChI is InChI=1S/C10H17ClO/c1-3-8-4-5-9(7-12-2)10(11)6-8/h3,8-10H,1,4-7H2,2H3. The van der Waals surface area contributed by atoms with E-state index in [2.05, 4.69) is 6.58 Å². The highest BCUT2D eigenvalue weighted by Crippen LogP contribution is 2.33. The second kappa shape index (κ2) is 4.88. The lowest BCUT2D eigenvalue weighted by molar-refractivity contribution is 0.127. The summed E-state index contributed by atoms with van der Waals surface area (Å²) >= 11 is 6.21. The van der Waals surface area contributed by atoms with Crippen LogP contribution in [0.5, 0.6) is 0 Å². The van der Waals surface area contributed by atoms with Crippen LogP contribution in [0.25, 0.3) is 0 Å². The Labute approximate surface area is 79.7 Å². The lowest BCUT2D eigenvalue weighted by atomic mass is 9.82. The lowest BCUT2D eigenvalue weighted by Crippen LogP contribution is -2.27. The van der Waals surface area contributed by atoms with Crippen LogP contribution in [0.2, 0.25) is 0 Å². The van der Waals surface area contributed by atoms with Crippen LogP contribution in [0.4, 0.5) is 0 Å². The van der Waals surface area contributed by atoms with Crippen molar-refractivity contribution in [2.75, 3.05) is 13.7 Å². The Morgan fingerprint density at radius 3 is 2.83 bits per heavy atom. The Kier molecular flexibility index (Phi) is 4.10. The summed E-state index contributed by atoms with van der Waals surface area (Å²) in [6, 6.07) is 0. The fraction of sp³-hybridized carbons (Fsp3) is 0.800. The minimum atomic E-state index is 0.279. The molecule has 1 rings (SSSR count). The molecule has 0 heterocycles. The van der Waals surface area contributed by atoms with E-state index in [9.17, 15) is 0 Å². The molecule has 1 nitrogen and oxygen atoms in total. The van der Waals surface area contributed by atoms with Crippen molar-refractivity contribution in [2.24, 2.45) is 11.8 Å². The molecule has 0 amide bonds.